The fourth-order valence-corrected chi connectivity index (χ4v) is 1.84. The van der Waals surface area contributed by atoms with Crippen molar-refractivity contribution in [2.24, 2.45) is 0 Å². The van der Waals surface area contributed by atoms with Gasteiger partial charge in [0.15, 0.2) is 0 Å². The molecule has 2 N–H and O–H groups in total. The van der Waals surface area contributed by atoms with Gasteiger partial charge in [0.2, 0.25) is 5.91 Å². The molecule has 1 heterocycles. The van der Waals surface area contributed by atoms with Crippen LogP contribution in [-0.4, -0.2) is 33.7 Å². The first kappa shape index (κ1) is 11.6. The van der Waals surface area contributed by atoms with E-state index in [9.17, 15) is 4.79 Å². The minimum atomic E-state index is -0.469. The Morgan fingerprint density at radius 2 is 2.24 bits per heavy atom. The van der Waals surface area contributed by atoms with E-state index in [1.165, 1.54) is 0 Å². The zero-order valence-corrected chi connectivity index (χ0v) is 9.68. The third-order valence-electron chi connectivity index (χ3n) is 2.65. The number of aliphatic hydroxyl groups is 1. The van der Waals surface area contributed by atoms with Crippen LogP contribution in [0.25, 0.3) is 11.0 Å². The normalized spacial score (nSPS) is 10.7. The second-order valence-corrected chi connectivity index (χ2v) is 3.81. The quantitative estimate of drug-likeness (QED) is 0.806. The molecule has 1 aromatic heterocycles. The van der Waals surface area contributed by atoms with Gasteiger partial charge < -0.3 is 15.0 Å². The molecule has 0 saturated carbocycles. The number of aliphatic hydroxyl groups excluding tert-OH is 1. The second-order valence-electron chi connectivity index (χ2n) is 3.81. The van der Waals surface area contributed by atoms with Crippen molar-refractivity contribution in [2.75, 3.05) is 13.2 Å². The van der Waals surface area contributed by atoms with Crippen LogP contribution in [0.5, 0.6) is 0 Å². The lowest BCUT2D eigenvalue weighted by molar-refractivity contribution is -0.123. The van der Waals surface area contributed by atoms with Crippen molar-refractivity contribution in [1.29, 1.82) is 0 Å². The fraction of sp³-hybridized carbons (Fsp3) is 0.333. The van der Waals surface area contributed by atoms with Crippen molar-refractivity contribution in [1.82, 2.24) is 14.9 Å². The maximum Gasteiger partial charge on any atom is 0.245 e. The van der Waals surface area contributed by atoms with E-state index < -0.39 is 6.61 Å². The lowest BCUT2D eigenvalue weighted by atomic mass is 10.3. The largest absolute Gasteiger partial charge is 0.387 e. The molecule has 5 heteroatoms. The first-order chi connectivity index (χ1) is 8.22. The van der Waals surface area contributed by atoms with Gasteiger partial charge in [-0.15, -0.1) is 0 Å². The van der Waals surface area contributed by atoms with Gasteiger partial charge in [-0.05, 0) is 19.1 Å². The first-order valence-corrected chi connectivity index (χ1v) is 5.52. The van der Waals surface area contributed by atoms with E-state index in [1.807, 2.05) is 35.8 Å². The molecule has 0 fully saturated rings. The van der Waals surface area contributed by atoms with E-state index in [0.29, 0.717) is 13.1 Å². The molecule has 2 aromatic rings. The molecule has 0 bridgehead atoms. The number of aromatic nitrogens is 2. The standard InChI is InChI=1S/C12H15N3O2/c1-9-14-10-4-2-3-5-11(10)15(9)7-6-13-12(17)8-16/h2-5,16H,6-8H2,1H3,(H,13,17). The second kappa shape index (κ2) is 4.97. The van der Waals surface area contributed by atoms with E-state index in [2.05, 4.69) is 10.3 Å². The number of aryl methyl sites for hydroxylation is 1. The number of benzene rings is 1. The Labute approximate surface area is 99.1 Å². The lowest BCUT2D eigenvalue weighted by Crippen LogP contribution is -2.29. The number of amides is 1. The van der Waals surface area contributed by atoms with Gasteiger partial charge in [0.25, 0.3) is 0 Å². The summed E-state index contributed by atoms with van der Waals surface area (Å²) in [4.78, 5) is 15.3. The predicted octanol–water partition coefficient (Wildman–Crippen LogP) is 0.453. The first-order valence-electron chi connectivity index (χ1n) is 5.52. The number of carbonyl (C=O) groups is 1. The number of nitrogens with one attached hydrogen (secondary N) is 1. The van der Waals surface area contributed by atoms with Crippen LogP contribution in [0.4, 0.5) is 0 Å². The molecule has 17 heavy (non-hydrogen) atoms. The van der Waals surface area contributed by atoms with Crippen LogP contribution in [0.15, 0.2) is 24.3 Å². The number of hydrogen-bond donors (Lipinski definition) is 2. The molecule has 0 unspecified atom stereocenters. The molecule has 2 rings (SSSR count). The molecule has 0 saturated heterocycles. The molecule has 0 aliphatic heterocycles. The van der Waals surface area contributed by atoms with Crippen LogP contribution in [0.3, 0.4) is 0 Å². The smallest absolute Gasteiger partial charge is 0.245 e. The fourth-order valence-electron chi connectivity index (χ4n) is 1.84. The van der Waals surface area contributed by atoms with Crippen molar-refractivity contribution in [3.63, 3.8) is 0 Å². The van der Waals surface area contributed by atoms with Crippen molar-refractivity contribution >= 4 is 16.9 Å². The monoisotopic (exact) mass is 233 g/mol. The maximum atomic E-state index is 10.9. The minimum Gasteiger partial charge on any atom is -0.387 e. The molecule has 90 valence electrons. The van der Waals surface area contributed by atoms with Crippen LogP contribution < -0.4 is 5.32 Å². The van der Waals surface area contributed by atoms with Gasteiger partial charge in [0.1, 0.15) is 12.4 Å². The van der Waals surface area contributed by atoms with Gasteiger partial charge in [0, 0.05) is 13.1 Å². The number of imidazole rings is 1. The molecule has 5 nitrogen and oxygen atoms in total. The summed E-state index contributed by atoms with van der Waals surface area (Å²) in [6.45, 7) is 2.61. The third kappa shape index (κ3) is 2.45. The van der Waals surface area contributed by atoms with Crippen LogP contribution in [-0.2, 0) is 11.3 Å². The Bertz CT molecular complexity index is 534. The van der Waals surface area contributed by atoms with Crippen molar-refractivity contribution < 1.29 is 9.90 Å². The van der Waals surface area contributed by atoms with Gasteiger partial charge in [-0.3, -0.25) is 4.79 Å². The Morgan fingerprint density at radius 3 is 3.00 bits per heavy atom. The van der Waals surface area contributed by atoms with E-state index in [0.717, 1.165) is 16.9 Å². The van der Waals surface area contributed by atoms with Crippen LogP contribution in [0.2, 0.25) is 0 Å². The maximum absolute atomic E-state index is 10.9. The Morgan fingerprint density at radius 1 is 1.47 bits per heavy atom. The van der Waals surface area contributed by atoms with E-state index in [1.54, 1.807) is 0 Å². The van der Waals surface area contributed by atoms with Gasteiger partial charge in [-0.1, -0.05) is 12.1 Å². The average Bonchev–Trinajstić information content (AvgIpc) is 2.66. The lowest BCUT2D eigenvalue weighted by Gasteiger charge is -2.07. The molecule has 1 amide bonds. The van der Waals surface area contributed by atoms with E-state index in [4.69, 9.17) is 5.11 Å². The summed E-state index contributed by atoms with van der Waals surface area (Å²) in [5.74, 6) is 0.566. The number of carbonyl (C=O) groups excluding carboxylic acids is 1. The number of rotatable bonds is 4. The van der Waals surface area contributed by atoms with E-state index >= 15 is 0 Å². The summed E-state index contributed by atoms with van der Waals surface area (Å²) in [6, 6.07) is 7.88. The summed E-state index contributed by atoms with van der Waals surface area (Å²) in [6.07, 6.45) is 0. The Hall–Kier alpha value is -1.88. The van der Waals surface area contributed by atoms with Gasteiger partial charge in [-0.2, -0.15) is 0 Å². The van der Waals surface area contributed by atoms with Gasteiger partial charge >= 0.3 is 0 Å². The molecular formula is C12H15N3O2. The number of hydrogen-bond acceptors (Lipinski definition) is 3. The van der Waals surface area contributed by atoms with Gasteiger partial charge in [0.05, 0.1) is 11.0 Å². The Kier molecular flexibility index (Phi) is 3.39. The van der Waals surface area contributed by atoms with E-state index in [-0.39, 0.29) is 5.91 Å². The summed E-state index contributed by atoms with van der Waals surface area (Å²) in [5, 5.41) is 11.2. The molecular weight excluding hydrogens is 218 g/mol. The van der Waals surface area contributed by atoms with Gasteiger partial charge in [-0.25, -0.2) is 4.98 Å². The number of nitrogens with zero attached hydrogens (tertiary/aromatic N) is 2. The number of fused-ring (bicyclic) bond motifs is 1. The summed E-state index contributed by atoms with van der Waals surface area (Å²) >= 11 is 0. The van der Waals surface area contributed by atoms with Crippen molar-refractivity contribution in [3.8, 4) is 0 Å². The summed E-state index contributed by atoms with van der Waals surface area (Å²) < 4.78 is 2.05. The topological polar surface area (TPSA) is 67.2 Å². The predicted molar refractivity (Wildman–Crippen MR) is 64.6 cm³/mol. The zero-order chi connectivity index (χ0) is 12.3. The highest BCUT2D eigenvalue weighted by Crippen LogP contribution is 2.14. The molecule has 0 aliphatic carbocycles. The molecule has 1 aromatic carbocycles. The SMILES string of the molecule is Cc1nc2ccccc2n1CCNC(=O)CO. The average molecular weight is 233 g/mol. The summed E-state index contributed by atoms with van der Waals surface area (Å²) in [5.41, 5.74) is 2.02. The minimum absolute atomic E-state index is 0.355. The molecule has 0 atom stereocenters. The van der Waals surface area contributed by atoms with Crippen molar-refractivity contribution in [2.45, 2.75) is 13.5 Å². The van der Waals surface area contributed by atoms with Crippen molar-refractivity contribution in [3.05, 3.63) is 30.1 Å². The molecule has 0 spiro atoms. The highest BCUT2D eigenvalue weighted by Gasteiger charge is 2.06. The molecule has 0 aliphatic rings. The summed E-state index contributed by atoms with van der Waals surface area (Å²) in [7, 11) is 0. The zero-order valence-electron chi connectivity index (χ0n) is 9.68. The number of para-hydroxylation sites is 2. The van der Waals surface area contributed by atoms with Crippen LogP contribution in [0.1, 0.15) is 5.82 Å². The van der Waals surface area contributed by atoms with Crippen LogP contribution in [0, 0.1) is 6.92 Å². The third-order valence-corrected chi connectivity index (χ3v) is 2.65. The molecule has 0 radical (unpaired) electrons. The Balaban J connectivity index is 2.12. The highest BCUT2D eigenvalue weighted by molar-refractivity contribution is 5.77. The highest BCUT2D eigenvalue weighted by atomic mass is 16.3. The van der Waals surface area contributed by atoms with Crippen LogP contribution >= 0.6 is 0 Å².